The van der Waals surface area contributed by atoms with Gasteiger partial charge in [-0.1, -0.05) is 0 Å². The van der Waals surface area contributed by atoms with Gasteiger partial charge in [-0.3, -0.25) is 0 Å². The molecule has 1 fully saturated rings. The average Bonchev–Trinajstić information content (AvgIpc) is 2.17. The van der Waals surface area contributed by atoms with Crippen LogP contribution in [0.4, 0.5) is 13.2 Å². The summed E-state index contributed by atoms with van der Waals surface area (Å²) >= 11 is 0. The van der Waals surface area contributed by atoms with Crippen molar-refractivity contribution >= 4 is 10.0 Å². The number of halogens is 3. The molecular formula is C8H15F3N2O2S. The Kier molecular flexibility index (Phi) is 4.57. The van der Waals surface area contributed by atoms with E-state index in [9.17, 15) is 21.6 Å². The van der Waals surface area contributed by atoms with Crippen molar-refractivity contribution in [3.8, 4) is 0 Å². The average molecular weight is 260 g/mol. The van der Waals surface area contributed by atoms with Gasteiger partial charge in [-0.25, -0.2) is 8.42 Å². The standard InChI is InChI=1S/C8H15F3N2O2S/c9-8(10,11)2-1-7-16(14,15)13-5-3-12-4-6-13/h12H,1-7H2. The smallest absolute Gasteiger partial charge is 0.314 e. The zero-order valence-electron chi connectivity index (χ0n) is 8.76. The molecule has 0 aromatic heterocycles. The molecule has 0 atom stereocenters. The Hall–Kier alpha value is -0.340. The first-order valence-corrected chi connectivity index (χ1v) is 6.67. The van der Waals surface area contributed by atoms with Gasteiger partial charge in [0.05, 0.1) is 5.75 Å². The van der Waals surface area contributed by atoms with E-state index in [0.717, 1.165) is 0 Å². The van der Waals surface area contributed by atoms with Crippen LogP contribution >= 0.6 is 0 Å². The first-order valence-electron chi connectivity index (χ1n) is 5.06. The lowest BCUT2D eigenvalue weighted by Crippen LogP contribution is -2.47. The molecule has 0 spiro atoms. The van der Waals surface area contributed by atoms with Crippen molar-refractivity contribution in [2.75, 3.05) is 31.9 Å². The van der Waals surface area contributed by atoms with Crippen molar-refractivity contribution in [2.24, 2.45) is 0 Å². The molecule has 0 aromatic rings. The molecule has 96 valence electrons. The van der Waals surface area contributed by atoms with E-state index in [2.05, 4.69) is 5.32 Å². The molecule has 0 amide bonds. The number of hydrogen-bond donors (Lipinski definition) is 1. The third-order valence-electron chi connectivity index (χ3n) is 2.33. The lowest BCUT2D eigenvalue weighted by Gasteiger charge is -2.26. The van der Waals surface area contributed by atoms with Crippen molar-refractivity contribution in [1.29, 1.82) is 0 Å². The van der Waals surface area contributed by atoms with Gasteiger partial charge in [-0.05, 0) is 6.42 Å². The zero-order valence-corrected chi connectivity index (χ0v) is 9.57. The van der Waals surface area contributed by atoms with E-state index in [-0.39, 0.29) is 6.42 Å². The second-order valence-electron chi connectivity index (χ2n) is 3.68. The van der Waals surface area contributed by atoms with Crippen molar-refractivity contribution in [3.63, 3.8) is 0 Å². The highest BCUT2D eigenvalue weighted by atomic mass is 32.2. The van der Waals surface area contributed by atoms with Crippen LogP contribution in [0.1, 0.15) is 12.8 Å². The molecule has 8 heteroatoms. The summed E-state index contributed by atoms with van der Waals surface area (Å²) in [5.74, 6) is -0.424. The molecule has 0 unspecified atom stereocenters. The summed E-state index contributed by atoms with van der Waals surface area (Å²) in [6, 6.07) is 0. The SMILES string of the molecule is O=S(=O)(CCCC(F)(F)F)N1CCNCC1. The van der Waals surface area contributed by atoms with Crippen molar-refractivity contribution in [2.45, 2.75) is 19.0 Å². The summed E-state index contributed by atoms with van der Waals surface area (Å²) < 4.78 is 60.0. The predicted octanol–water partition coefficient (Wildman–Crippen LogP) is 0.564. The molecule has 16 heavy (non-hydrogen) atoms. The highest BCUT2D eigenvalue weighted by Crippen LogP contribution is 2.22. The third kappa shape index (κ3) is 4.67. The molecule has 4 nitrogen and oxygen atoms in total. The topological polar surface area (TPSA) is 49.4 Å². The van der Waals surface area contributed by atoms with E-state index >= 15 is 0 Å². The monoisotopic (exact) mass is 260 g/mol. The largest absolute Gasteiger partial charge is 0.389 e. The molecule has 1 N–H and O–H groups in total. The van der Waals surface area contributed by atoms with Crippen molar-refractivity contribution < 1.29 is 21.6 Å². The molecule has 0 saturated carbocycles. The molecule has 1 aliphatic rings. The number of piperazine rings is 1. The van der Waals surface area contributed by atoms with Gasteiger partial charge in [0, 0.05) is 32.6 Å². The normalized spacial score (nSPS) is 19.9. The van der Waals surface area contributed by atoms with Crippen LogP contribution in [-0.2, 0) is 10.0 Å². The molecule has 0 aliphatic carbocycles. The highest BCUT2D eigenvalue weighted by molar-refractivity contribution is 7.89. The number of nitrogens with one attached hydrogen (secondary N) is 1. The van der Waals surface area contributed by atoms with Crippen LogP contribution in [0.5, 0.6) is 0 Å². The predicted molar refractivity (Wildman–Crippen MR) is 53.5 cm³/mol. The molecule has 1 saturated heterocycles. The van der Waals surface area contributed by atoms with Gasteiger partial charge in [0.2, 0.25) is 10.0 Å². The lowest BCUT2D eigenvalue weighted by molar-refractivity contribution is -0.134. The minimum atomic E-state index is -4.28. The van der Waals surface area contributed by atoms with Gasteiger partial charge < -0.3 is 5.32 Å². The second-order valence-corrected chi connectivity index (χ2v) is 5.77. The van der Waals surface area contributed by atoms with Crippen molar-refractivity contribution in [3.05, 3.63) is 0 Å². The number of sulfonamides is 1. The summed E-state index contributed by atoms with van der Waals surface area (Å²) in [6.45, 7) is 1.79. The van der Waals surface area contributed by atoms with Gasteiger partial charge in [-0.15, -0.1) is 0 Å². The van der Waals surface area contributed by atoms with Gasteiger partial charge in [0.25, 0.3) is 0 Å². The maximum Gasteiger partial charge on any atom is 0.389 e. The molecule has 0 aromatic carbocycles. The van der Waals surface area contributed by atoms with E-state index in [1.807, 2.05) is 0 Å². The molecule has 0 radical (unpaired) electrons. The molecule has 1 aliphatic heterocycles. The molecule has 0 bridgehead atoms. The quantitative estimate of drug-likeness (QED) is 0.803. The Bertz CT molecular complexity index is 310. The van der Waals surface area contributed by atoms with Crippen LogP contribution in [0, 0.1) is 0 Å². The fourth-order valence-corrected chi connectivity index (χ4v) is 3.01. The van der Waals surface area contributed by atoms with Gasteiger partial charge in [-0.2, -0.15) is 17.5 Å². The molecule has 1 heterocycles. The minimum Gasteiger partial charge on any atom is -0.314 e. The minimum absolute atomic E-state index is 0.342. The summed E-state index contributed by atoms with van der Waals surface area (Å²) in [4.78, 5) is 0. The van der Waals surface area contributed by atoms with Gasteiger partial charge >= 0.3 is 6.18 Å². The van der Waals surface area contributed by atoms with Gasteiger partial charge in [0.1, 0.15) is 0 Å². The van der Waals surface area contributed by atoms with E-state index in [1.165, 1.54) is 4.31 Å². The summed E-state index contributed by atoms with van der Waals surface area (Å²) in [5.41, 5.74) is 0. The summed E-state index contributed by atoms with van der Waals surface area (Å²) in [6.07, 6.45) is -5.69. The number of nitrogens with zero attached hydrogens (tertiary/aromatic N) is 1. The summed E-state index contributed by atoms with van der Waals surface area (Å²) in [7, 11) is -3.51. The van der Waals surface area contributed by atoms with Crippen LogP contribution < -0.4 is 5.32 Å². The highest BCUT2D eigenvalue weighted by Gasteiger charge is 2.29. The maximum absolute atomic E-state index is 11.9. The Morgan fingerprint density at radius 2 is 1.75 bits per heavy atom. The van der Waals surface area contributed by atoms with Crippen LogP contribution in [0.15, 0.2) is 0 Å². The second kappa shape index (κ2) is 5.33. The van der Waals surface area contributed by atoms with E-state index in [1.54, 1.807) is 0 Å². The Balaban J connectivity index is 2.39. The Labute approximate surface area is 92.9 Å². The fraction of sp³-hybridized carbons (Fsp3) is 1.00. The number of rotatable bonds is 4. The van der Waals surface area contributed by atoms with E-state index in [4.69, 9.17) is 0 Å². The van der Waals surface area contributed by atoms with Gasteiger partial charge in [0.15, 0.2) is 0 Å². The number of hydrogen-bond acceptors (Lipinski definition) is 3. The first-order chi connectivity index (χ1) is 7.31. The first kappa shape index (κ1) is 13.7. The zero-order chi connectivity index (χ0) is 12.2. The van der Waals surface area contributed by atoms with Crippen LogP contribution in [0.2, 0.25) is 0 Å². The lowest BCUT2D eigenvalue weighted by atomic mass is 10.3. The van der Waals surface area contributed by atoms with Crippen LogP contribution in [0.3, 0.4) is 0 Å². The Morgan fingerprint density at radius 3 is 2.25 bits per heavy atom. The summed E-state index contributed by atoms with van der Waals surface area (Å²) in [5, 5.41) is 2.98. The third-order valence-corrected chi connectivity index (χ3v) is 4.29. The number of alkyl halides is 3. The maximum atomic E-state index is 11.9. The fourth-order valence-electron chi connectivity index (χ4n) is 1.51. The van der Waals surface area contributed by atoms with Crippen molar-refractivity contribution in [1.82, 2.24) is 9.62 Å². The van der Waals surface area contributed by atoms with E-state index in [0.29, 0.717) is 26.2 Å². The van der Waals surface area contributed by atoms with E-state index < -0.39 is 28.4 Å². The molecule has 1 rings (SSSR count). The van der Waals surface area contributed by atoms with Crippen LogP contribution in [0.25, 0.3) is 0 Å². The molecular weight excluding hydrogens is 245 g/mol. The Morgan fingerprint density at radius 1 is 1.19 bits per heavy atom. The van der Waals surface area contributed by atoms with Crippen LogP contribution in [-0.4, -0.2) is 50.8 Å².